The number of aryl methyl sites for hydroxylation is 1. The van der Waals surface area contributed by atoms with Crippen molar-refractivity contribution in [3.8, 4) is 6.07 Å². The molecule has 1 aromatic heterocycles. The fraction of sp³-hybridized carbons (Fsp3) is 0.333. The lowest BCUT2D eigenvalue weighted by Crippen LogP contribution is -2.15. The highest BCUT2D eigenvalue weighted by Crippen LogP contribution is 2.32. The molecule has 2 aromatic rings. The van der Waals surface area contributed by atoms with Gasteiger partial charge in [-0.05, 0) is 68.7 Å². The summed E-state index contributed by atoms with van der Waals surface area (Å²) in [5, 5.41) is 12.2. The van der Waals surface area contributed by atoms with E-state index in [1.54, 1.807) is 25.1 Å². The highest BCUT2D eigenvalue weighted by atomic mass is 16.5. The lowest BCUT2D eigenvalue weighted by molar-refractivity contribution is -0.137. The van der Waals surface area contributed by atoms with E-state index in [0.717, 1.165) is 35.5 Å². The molecule has 7 nitrogen and oxygen atoms in total. The first-order chi connectivity index (χ1) is 14.8. The molecule has 0 aliphatic carbocycles. The third kappa shape index (κ3) is 4.43. The van der Waals surface area contributed by atoms with Gasteiger partial charge in [0.1, 0.15) is 11.6 Å². The van der Waals surface area contributed by atoms with E-state index < -0.39 is 18.4 Å². The molecule has 160 valence electrons. The Hall–Kier alpha value is -3.66. The largest absolute Gasteiger partial charge is 0.453 e. The van der Waals surface area contributed by atoms with Crippen LogP contribution in [0.15, 0.2) is 29.8 Å². The highest BCUT2D eigenvalue weighted by Gasteiger charge is 2.27. The van der Waals surface area contributed by atoms with E-state index in [2.05, 4.69) is 16.8 Å². The van der Waals surface area contributed by atoms with Crippen LogP contribution < -0.4 is 5.32 Å². The average Bonchev–Trinajstić information content (AvgIpc) is 3.19. The molecule has 0 spiro atoms. The summed E-state index contributed by atoms with van der Waals surface area (Å²) in [5.74, 6) is -1.71. The smallest absolute Gasteiger partial charge is 0.349 e. The molecular formula is C24H25N3O4. The summed E-state index contributed by atoms with van der Waals surface area (Å²) in [4.78, 5) is 36.7. The number of ether oxygens (including phenoxy) is 1. The third-order valence-electron chi connectivity index (χ3n) is 5.53. The number of carbonyl (C=O) groups excluding carboxylic acids is 3. The van der Waals surface area contributed by atoms with Crippen LogP contribution in [0.5, 0.6) is 0 Å². The second-order valence-electron chi connectivity index (χ2n) is 7.66. The molecule has 1 aliphatic heterocycles. The second kappa shape index (κ2) is 9.00. The van der Waals surface area contributed by atoms with Crippen LogP contribution in [0.2, 0.25) is 0 Å². The molecular weight excluding hydrogens is 394 g/mol. The predicted molar refractivity (Wildman–Crippen MR) is 117 cm³/mol. The van der Waals surface area contributed by atoms with Gasteiger partial charge in [0.05, 0.1) is 5.92 Å². The molecule has 0 fully saturated rings. The first-order valence-corrected chi connectivity index (χ1v) is 10.2. The van der Waals surface area contributed by atoms with Crippen molar-refractivity contribution >= 4 is 29.4 Å². The molecule has 7 heteroatoms. The summed E-state index contributed by atoms with van der Waals surface area (Å²) in [6, 6.07) is 8.67. The SMILES string of the molecule is CCCn1c(C)cc(/C=C(\C#N)C(=O)OCC(=O)c2ccc3c(c2)[C@@H](C)C(=O)N3)c1C. The zero-order valence-corrected chi connectivity index (χ0v) is 18.1. The van der Waals surface area contributed by atoms with Crippen molar-refractivity contribution in [2.24, 2.45) is 0 Å². The molecule has 2 heterocycles. The van der Waals surface area contributed by atoms with Crippen molar-refractivity contribution in [1.82, 2.24) is 4.57 Å². The van der Waals surface area contributed by atoms with Gasteiger partial charge in [0, 0.05) is 29.2 Å². The summed E-state index contributed by atoms with van der Waals surface area (Å²) in [7, 11) is 0. The Labute approximate surface area is 181 Å². The van der Waals surface area contributed by atoms with Gasteiger partial charge < -0.3 is 14.6 Å². The fourth-order valence-corrected chi connectivity index (χ4v) is 3.72. The Bertz CT molecular complexity index is 1130. The van der Waals surface area contributed by atoms with Crippen molar-refractivity contribution < 1.29 is 19.1 Å². The number of nitrogens with zero attached hydrogens (tertiary/aromatic N) is 2. The number of anilines is 1. The lowest BCUT2D eigenvalue weighted by Gasteiger charge is -2.07. The number of hydrogen-bond acceptors (Lipinski definition) is 5. The second-order valence-corrected chi connectivity index (χ2v) is 7.66. The number of rotatable bonds is 7. The van der Waals surface area contributed by atoms with Crippen molar-refractivity contribution in [2.75, 3.05) is 11.9 Å². The van der Waals surface area contributed by atoms with E-state index in [1.807, 2.05) is 26.0 Å². The van der Waals surface area contributed by atoms with Gasteiger partial charge in [0.25, 0.3) is 0 Å². The normalized spacial score (nSPS) is 15.3. The minimum Gasteiger partial charge on any atom is -0.453 e. The van der Waals surface area contributed by atoms with Gasteiger partial charge >= 0.3 is 5.97 Å². The Morgan fingerprint density at radius 2 is 2.03 bits per heavy atom. The number of nitrogens with one attached hydrogen (secondary N) is 1. The van der Waals surface area contributed by atoms with Gasteiger partial charge in [0.15, 0.2) is 12.4 Å². The summed E-state index contributed by atoms with van der Waals surface area (Å²) < 4.78 is 7.24. The Kier molecular flexibility index (Phi) is 6.40. The third-order valence-corrected chi connectivity index (χ3v) is 5.53. The number of hydrogen-bond donors (Lipinski definition) is 1. The lowest BCUT2D eigenvalue weighted by atomic mass is 9.99. The van der Waals surface area contributed by atoms with Gasteiger partial charge in [-0.25, -0.2) is 4.79 Å². The maximum Gasteiger partial charge on any atom is 0.349 e. The monoisotopic (exact) mass is 419 g/mol. The zero-order chi connectivity index (χ0) is 22.7. The minimum atomic E-state index is -0.845. The summed E-state index contributed by atoms with van der Waals surface area (Å²) >= 11 is 0. The molecule has 0 saturated heterocycles. The first-order valence-electron chi connectivity index (χ1n) is 10.2. The number of Topliss-reactive ketones (excluding diaryl/α,β-unsaturated/α-hetero) is 1. The number of benzene rings is 1. The predicted octanol–water partition coefficient (Wildman–Crippen LogP) is 3.90. The van der Waals surface area contributed by atoms with Crippen LogP contribution in [0.1, 0.15) is 59.1 Å². The molecule has 0 unspecified atom stereocenters. The van der Waals surface area contributed by atoms with Gasteiger partial charge in [-0.3, -0.25) is 9.59 Å². The van der Waals surface area contributed by atoms with Gasteiger partial charge in [-0.1, -0.05) is 6.92 Å². The minimum absolute atomic E-state index is 0.117. The summed E-state index contributed by atoms with van der Waals surface area (Å²) in [6.07, 6.45) is 2.47. The van der Waals surface area contributed by atoms with Gasteiger partial charge in [-0.15, -0.1) is 0 Å². The number of carbonyl (C=O) groups is 3. The standard InChI is InChI=1S/C24H25N3O4/c1-5-8-27-14(2)9-18(16(27)4)10-19(12-25)24(30)31-13-22(28)17-6-7-21-20(11-17)15(3)23(29)26-21/h6-7,9-11,15H,5,8,13H2,1-4H3,(H,26,29)/b19-10+/t15-/m1/s1. The molecule has 1 aliphatic rings. The Balaban J connectivity index is 1.71. The van der Waals surface area contributed by atoms with Crippen LogP contribution in [0, 0.1) is 25.2 Å². The van der Waals surface area contributed by atoms with Crippen LogP contribution in [0.25, 0.3) is 6.08 Å². The van der Waals surface area contributed by atoms with Crippen LogP contribution in [-0.4, -0.2) is 28.8 Å². The first kappa shape index (κ1) is 22.0. The molecule has 1 aromatic carbocycles. The van der Waals surface area contributed by atoms with Crippen LogP contribution in [0.3, 0.4) is 0 Å². The maximum absolute atomic E-state index is 12.5. The number of fused-ring (bicyclic) bond motifs is 1. The van der Waals surface area contributed by atoms with Crippen LogP contribution >= 0.6 is 0 Å². The van der Waals surface area contributed by atoms with Crippen molar-refractivity contribution in [2.45, 2.75) is 46.6 Å². The molecule has 1 amide bonds. The quantitative estimate of drug-likeness (QED) is 0.317. The molecule has 31 heavy (non-hydrogen) atoms. The van der Waals surface area contributed by atoms with Crippen molar-refractivity contribution in [3.63, 3.8) is 0 Å². The molecule has 0 bridgehead atoms. The van der Waals surface area contributed by atoms with Crippen molar-refractivity contribution in [3.05, 3.63) is 57.9 Å². The highest BCUT2D eigenvalue weighted by molar-refractivity contribution is 6.05. The Morgan fingerprint density at radius 1 is 1.29 bits per heavy atom. The molecule has 1 N–H and O–H groups in total. The molecule has 0 saturated carbocycles. The summed E-state index contributed by atoms with van der Waals surface area (Å²) in [6.45, 7) is 8.13. The van der Waals surface area contributed by atoms with Crippen LogP contribution in [0.4, 0.5) is 5.69 Å². The maximum atomic E-state index is 12.5. The number of nitriles is 1. The Morgan fingerprint density at radius 3 is 2.71 bits per heavy atom. The topological polar surface area (TPSA) is 101 Å². The van der Waals surface area contributed by atoms with E-state index in [-0.39, 0.29) is 17.4 Å². The molecule has 1 atom stereocenters. The number of aromatic nitrogens is 1. The fourth-order valence-electron chi connectivity index (χ4n) is 3.72. The summed E-state index contributed by atoms with van der Waals surface area (Å²) in [5.41, 5.74) is 4.39. The van der Waals surface area contributed by atoms with Gasteiger partial charge in [0.2, 0.25) is 5.91 Å². The van der Waals surface area contributed by atoms with Crippen molar-refractivity contribution in [1.29, 1.82) is 5.26 Å². The van der Waals surface area contributed by atoms with E-state index >= 15 is 0 Å². The molecule has 3 rings (SSSR count). The van der Waals surface area contributed by atoms with Crippen LogP contribution in [-0.2, 0) is 20.9 Å². The average molecular weight is 419 g/mol. The number of amides is 1. The zero-order valence-electron chi connectivity index (χ0n) is 18.1. The number of ketones is 1. The van der Waals surface area contributed by atoms with Gasteiger partial charge in [-0.2, -0.15) is 5.26 Å². The number of esters is 1. The molecule has 0 radical (unpaired) electrons. The van der Waals surface area contributed by atoms with E-state index in [4.69, 9.17) is 4.74 Å². The van der Waals surface area contributed by atoms with E-state index in [9.17, 15) is 19.6 Å². The van der Waals surface area contributed by atoms with E-state index in [0.29, 0.717) is 11.3 Å². The van der Waals surface area contributed by atoms with E-state index in [1.165, 1.54) is 6.08 Å².